The van der Waals surface area contributed by atoms with E-state index in [-0.39, 0.29) is 11.0 Å². The molecule has 0 amide bonds. The smallest absolute Gasteiger partial charge is 0.234 e. The Kier molecular flexibility index (Phi) is 4.31. The first-order valence-electron chi connectivity index (χ1n) is 8.38. The summed E-state index contributed by atoms with van der Waals surface area (Å²) in [5.74, 6) is 1.54. The topological polar surface area (TPSA) is 60.2 Å². The van der Waals surface area contributed by atoms with Gasteiger partial charge in [-0.05, 0) is 39.7 Å². The minimum atomic E-state index is -0.324. The van der Waals surface area contributed by atoms with E-state index < -0.39 is 0 Å². The van der Waals surface area contributed by atoms with Crippen LogP contribution in [0.3, 0.4) is 0 Å². The highest BCUT2D eigenvalue weighted by Crippen LogP contribution is 2.39. The van der Waals surface area contributed by atoms with E-state index in [9.17, 15) is 0 Å². The third kappa shape index (κ3) is 2.86. The zero-order valence-corrected chi connectivity index (χ0v) is 13.3. The second kappa shape index (κ2) is 6.05. The lowest BCUT2D eigenvalue weighted by Crippen LogP contribution is -2.31. The molecule has 3 rings (SSSR count). The standard InChI is InChI=1S/C16H27N3O2/c1-3-20-16(8-6-4-5-7-9-16)13-18-14(21-19-13)15(2)10-11-17-12-15/h17H,3-12H2,1-2H3. The molecule has 1 aliphatic heterocycles. The molecule has 1 unspecified atom stereocenters. The monoisotopic (exact) mass is 293 g/mol. The van der Waals surface area contributed by atoms with Crippen LogP contribution in [0, 0.1) is 0 Å². The lowest BCUT2D eigenvalue weighted by Gasteiger charge is -2.29. The van der Waals surface area contributed by atoms with Crippen molar-refractivity contribution >= 4 is 0 Å². The number of rotatable bonds is 4. The zero-order valence-electron chi connectivity index (χ0n) is 13.3. The van der Waals surface area contributed by atoms with Crippen LogP contribution in [-0.2, 0) is 15.8 Å². The summed E-state index contributed by atoms with van der Waals surface area (Å²) in [6, 6.07) is 0. The van der Waals surface area contributed by atoms with Crippen molar-refractivity contribution in [2.45, 2.75) is 69.8 Å². The van der Waals surface area contributed by atoms with Gasteiger partial charge in [0.1, 0.15) is 5.60 Å². The molecular weight excluding hydrogens is 266 g/mol. The van der Waals surface area contributed by atoms with Gasteiger partial charge in [-0.1, -0.05) is 30.8 Å². The van der Waals surface area contributed by atoms with Crippen LogP contribution in [0.5, 0.6) is 0 Å². The predicted molar refractivity (Wildman–Crippen MR) is 80.1 cm³/mol. The van der Waals surface area contributed by atoms with E-state index >= 15 is 0 Å². The summed E-state index contributed by atoms with van der Waals surface area (Å²) in [6.07, 6.45) is 7.99. The Morgan fingerprint density at radius 3 is 2.57 bits per heavy atom. The quantitative estimate of drug-likeness (QED) is 0.865. The summed E-state index contributed by atoms with van der Waals surface area (Å²) in [5, 5.41) is 7.71. The molecule has 5 heteroatoms. The van der Waals surface area contributed by atoms with Gasteiger partial charge in [-0.15, -0.1) is 0 Å². The maximum absolute atomic E-state index is 6.14. The number of nitrogens with zero attached hydrogens (tertiary/aromatic N) is 2. The van der Waals surface area contributed by atoms with Crippen molar-refractivity contribution < 1.29 is 9.26 Å². The molecule has 2 fully saturated rings. The average Bonchev–Trinajstić information content (AvgIpc) is 3.07. The zero-order chi connectivity index (χ0) is 14.8. The first kappa shape index (κ1) is 15.0. The molecule has 1 atom stereocenters. The normalized spacial score (nSPS) is 29.4. The van der Waals surface area contributed by atoms with E-state index in [4.69, 9.17) is 14.2 Å². The van der Waals surface area contributed by atoms with Gasteiger partial charge in [-0.25, -0.2) is 0 Å². The number of aromatic nitrogens is 2. The van der Waals surface area contributed by atoms with Gasteiger partial charge in [0.25, 0.3) is 0 Å². The number of nitrogens with one attached hydrogen (secondary N) is 1. The molecule has 1 aromatic rings. The lowest BCUT2D eigenvalue weighted by atomic mass is 9.89. The van der Waals surface area contributed by atoms with Crippen molar-refractivity contribution in [1.82, 2.24) is 15.5 Å². The largest absolute Gasteiger partial charge is 0.367 e. The summed E-state index contributed by atoms with van der Waals surface area (Å²) >= 11 is 0. The Bertz CT molecular complexity index is 458. The molecule has 0 radical (unpaired) electrons. The van der Waals surface area contributed by atoms with Crippen molar-refractivity contribution in [3.8, 4) is 0 Å². The van der Waals surface area contributed by atoms with Gasteiger partial charge in [0.15, 0.2) is 0 Å². The predicted octanol–water partition coefficient (Wildman–Crippen LogP) is 2.91. The molecule has 0 aromatic carbocycles. The van der Waals surface area contributed by atoms with E-state index in [1.54, 1.807) is 0 Å². The summed E-state index contributed by atoms with van der Waals surface area (Å²) < 4.78 is 11.8. The molecule has 1 N–H and O–H groups in total. The number of hydrogen-bond acceptors (Lipinski definition) is 5. The first-order chi connectivity index (χ1) is 10.2. The van der Waals surface area contributed by atoms with Gasteiger partial charge < -0.3 is 14.6 Å². The van der Waals surface area contributed by atoms with Gasteiger partial charge in [0, 0.05) is 13.2 Å². The Morgan fingerprint density at radius 1 is 1.19 bits per heavy atom. The van der Waals surface area contributed by atoms with Crippen LogP contribution in [-0.4, -0.2) is 29.8 Å². The molecule has 2 heterocycles. The maximum Gasteiger partial charge on any atom is 0.234 e. The third-order valence-corrected chi connectivity index (χ3v) is 5.05. The van der Waals surface area contributed by atoms with Gasteiger partial charge in [-0.3, -0.25) is 0 Å². The highest BCUT2D eigenvalue weighted by atomic mass is 16.5. The van der Waals surface area contributed by atoms with Crippen molar-refractivity contribution in [2.75, 3.05) is 19.7 Å². The SMILES string of the molecule is CCOC1(c2noc(C3(C)CCNC3)n2)CCCCCC1. The van der Waals surface area contributed by atoms with Crippen LogP contribution in [0.1, 0.15) is 70.5 Å². The fourth-order valence-corrected chi connectivity index (χ4v) is 3.66. The van der Waals surface area contributed by atoms with Crippen molar-refractivity contribution in [3.63, 3.8) is 0 Å². The van der Waals surface area contributed by atoms with Gasteiger partial charge in [0.05, 0.1) is 5.41 Å². The summed E-state index contributed by atoms with van der Waals surface area (Å²) in [5.41, 5.74) is -0.348. The first-order valence-corrected chi connectivity index (χ1v) is 8.38. The van der Waals surface area contributed by atoms with Crippen LogP contribution in [0.25, 0.3) is 0 Å². The number of ether oxygens (including phenoxy) is 1. The van der Waals surface area contributed by atoms with Gasteiger partial charge in [0.2, 0.25) is 11.7 Å². The molecule has 2 aliphatic rings. The minimum Gasteiger partial charge on any atom is -0.367 e. The van der Waals surface area contributed by atoms with Crippen LogP contribution < -0.4 is 5.32 Å². The molecule has 1 saturated carbocycles. The molecule has 1 aliphatic carbocycles. The summed E-state index contributed by atoms with van der Waals surface area (Å²) in [6.45, 7) is 6.88. The molecule has 0 spiro atoms. The van der Waals surface area contributed by atoms with Crippen molar-refractivity contribution in [1.29, 1.82) is 0 Å². The van der Waals surface area contributed by atoms with E-state index in [1.165, 1.54) is 25.7 Å². The fraction of sp³-hybridized carbons (Fsp3) is 0.875. The molecule has 1 saturated heterocycles. The van der Waals surface area contributed by atoms with Gasteiger partial charge in [-0.2, -0.15) is 4.98 Å². The molecule has 21 heavy (non-hydrogen) atoms. The van der Waals surface area contributed by atoms with Crippen LogP contribution >= 0.6 is 0 Å². The molecule has 118 valence electrons. The summed E-state index contributed by atoms with van der Waals surface area (Å²) in [4.78, 5) is 4.78. The van der Waals surface area contributed by atoms with Crippen molar-refractivity contribution in [2.24, 2.45) is 0 Å². The van der Waals surface area contributed by atoms with Crippen molar-refractivity contribution in [3.05, 3.63) is 11.7 Å². The van der Waals surface area contributed by atoms with Gasteiger partial charge >= 0.3 is 0 Å². The Labute approximate surface area is 126 Å². The molecule has 1 aromatic heterocycles. The van der Waals surface area contributed by atoms with E-state index in [2.05, 4.69) is 24.3 Å². The van der Waals surface area contributed by atoms with Crippen LogP contribution in [0.15, 0.2) is 4.52 Å². The minimum absolute atomic E-state index is 0.0244. The highest BCUT2D eigenvalue weighted by molar-refractivity contribution is 5.11. The van der Waals surface area contributed by atoms with E-state index in [0.717, 1.165) is 44.1 Å². The third-order valence-electron chi connectivity index (χ3n) is 5.05. The van der Waals surface area contributed by atoms with Crippen LogP contribution in [0.2, 0.25) is 0 Å². The lowest BCUT2D eigenvalue weighted by molar-refractivity contribution is -0.0636. The molecular formula is C16H27N3O2. The number of hydrogen-bond donors (Lipinski definition) is 1. The Morgan fingerprint density at radius 2 is 1.95 bits per heavy atom. The second-order valence-corrected chi connectivity index (χ2v) is 6.75. The average molecular weight is 293 g/mol. The van der Waals surface area contributed by atoms with Crippen LogP contribution in [0.4, 0.5) is 0 Å². The second-order valence-electron chi connectivity index (χ2n) is 6.75. The Balaban J connectivity index is 1.87. The maximum atomic E-state index is 6.14. The molecule has 5 nitrogen and oxygen atoms in total. The highest BCUT2D eigenvalue weighted by Gasteiger charge is 2.42. The van der Waals surface area contributed by atoms with E-state index in [1.807, 2.05) is 0 Å². The Hall–Kier alpha value is -0.940. The van der Waals surface area contributed by atoms with E-state index in [0.29, 0.717) is 6.61 Å². The summed E-state index contributed by atoms with van der Waals surface area (Å²) in [7, 11) is 0. The molecule has 0 bridgehead atoms. The fourth-order valence-electron chi connectivity index (χ4n) is 3.66.